The highest BCUT2D eigenvalue weighted by Crippen LogP contribution is 2.25. The van der Waals surface area contributed by atoms with Gasteiger partial charge in [-0.15, -0.1) is 0 Å². The van der Waals surface area contributed by atoms with Gasteiger partial charge in [-0.05, 0) is 69.7 Å². The molecule has 2 N–H and O–H groups in total. The SMILES string of the molecule is CC(NC(=O)COC(=O)c1ccc(S(=O)(=O)NC(C)(C)C)cc1)c1ccc(Cl)c(Cl)c1. The maximum atomic E-state index is 12.3. The van der Waals surface area contributed by atoms with Gasteiger partial charge in [-0.3, -0.25) is 4.79 Å². The highest BCUT2D eigenvalue weighted by molar-refractivity contribution is 7.89. The topological polar surface area (TPSA) is 102 Å². The number of halogens is 2. The standard InChI is InChI=1S/C21H24Cl2N2O5S/c1-13(15-7-10-17(22)18(23)11-15)24-19(26)12-30-20(27)14-5-8-16(9-6-14)31(28,29)25-21(2,3)4/h5-11,13,25H,12H2,1-4H3,(H,24,26). The average molecular weight is 487 g/mol. The number of amides is 1. The molecule has 1 unspecified atom stereocenters. The Morgan fingerprint density at radius 2 is 1.65 bits per heavy atom. The van der Waals surface area contributed by atoms with E-state index < -0.39 is 34.0 Å². The average Bonchev–Trinajstić information content (AvgIpc) is 2.66. The zero-order valence-corrected chi connectivity index (χ0v) is 19.9. The van der Waals surface area contributed by atoms with Crippen molar-refractivity contribution in [1.82, 2.24) is 10.0 Å². The Morgan fingerprint density at radius 3 is 2.19 bits per heavy atom. The van der Waals surface area contributed by atoms with E-state index in [1.165, 1.54) is 24.3 Å². The third-order valence-electron chi connectivity index (χ3n) is 4.00. The molecule has 0 bridgehead atoms. The largest absolute Gasteiger partial charge is 0.452 e. The van der Waals surface area contributed by atoms with Gasteiger partial charge in [0, 0.05) is 5.54 Å². The van der Waals surface area contributed by atoms with Crippen molar-refractivity contribution in [1.29, 1.82) is 0 Å². The Balaban J connectivity index is 1.93. The zero-order valence-electron chi connectivity index (χ0n) is 17.5. The van der Waals surface area contributed by atoms with Crippen LogP contribution < -0.4 is 10.0 Å². The Morgan fingerprint density at radius 1 is 1.03 bits per heavy atom. The molecule has 0 saturated carbocycles. The Bertz CT molecular complexity index is 1060. The molecule has 1 atom stereocenters. The van der Waals surface area contributed by atoms with Crippen molar-refractivity contribution in [3.8, 4) is 0 Å². The van der Waals surface area contributed by atoms with Gasteiger partial charge in [-0.2, -0.15) is 0 Å². The second-order valence-corrected chi connectivity index (χ2v) is 10.4. The van der Waals surface area contributed by atoms with Crippen LogP contribution >= 0.6 is 23.2 Å². The first kappa shape index (κ1) is 25.1. The molecule has 168 valence electrons. The van der Waals surface area contributed by atoms with Crippen LogP contribution in [0.2, 0.25) is 10.0 Å². The first-order valence-corrected chi connectivity index (χ1v) is 11.6. The summed E-state index contributed by atoms with van der Waals surface area (Å²) in [6.45, 7) is 6.44. The van der Waals surface area contributed by atoms with E-state index in [-0.39, 0.29) is 16.5 Å². The molecule has 0 fully saturated rings. The van der Waals surface area contributed by atoms with Gasteiger partial charge in [-0.25, -0.2) is 17.9 Å². The molecule has 1 amide bonds. The molecule has 0 heterocycles. The summed E-state index contributed by atoms with van der Waals surface area (Å²) in [6, 6.07) is 9.89. The fourth-order valence-electron chi connectivity index (χ4n) is 2.59. The van der Waals surface area contributed by atoms with E-state index in [1.54, 1.807) is 45.9 Å². The fourth-order valence-corrected chi connectivity index (χ4v) is 4.32. The zero-order chi connectivity index (χ0) is 23.4. The van der Waals surface area contributed by atoms with Crippen LogP contribution in [0.1, 0.15) is 49.7 Å². The molecule has 0 spiro atoms. The Labute approximate surface area is 192 Å². The Hall–Kier alpha value is -2.13. The molecule has 2 aromatic carbocycles. The van der Waals surface area contributed by atoms with E-state index in [4.69, 9.17) is 27.9 Å². The van der Waals surface area contributed by atoms with Gasteiger partial charge in [0.1, 0.15) is 0 Å². The van der Waals surface area contributed by atoms with Gasteiger partial charge in [-0.1, -0.05) is 29.3 Å². The first-order chi connectivity index (χ1) is 14.3. The van der Waals surface area contributed by atoms with E-state index >= 15 is 0 Å². The minimum Gasteiger partial charge on any atom is -0.452 e. The summed E-state index contributed by atoms with van der Waals surface area (Å²) in [6.07, 6.45) is 0. The molecule has 0 saturated heterocycles. The maximum Gasteiger partial charge on any atom is 0.338 e. The predicted molar refractivity (Wildman–Crippen MR) is 120 cm³/mol. The van der Waals surface area contributed by atoms with Crippen LogP contribution in [0.3, 0.4) is 0 Å². The molecule has 0 aliphatic heterocycles. The number of carbonyl (C=O) groups excluding carboxylic acids is 2. The molecular formula is C21H24Cl2N2O5S. The van der Waals surface area contributed by atoms with Gasteiger partial charge in [0.2, 0.25) is 10.0 Å². The van der Waals surface area contributed by atoms with Crippen molar-refractivity contribution in [3.05, 3.63) is 63.6 Å². The molecule has 2 rings (SSSR count). The molecule has 0 radical (unpaired) electrons. The number of hydrogen-bond acceptors (Lipinski definition) is 5. The van der Waals surface area contributed by atoms with Crippen molar-refractivity contribution in [3.63, 3.8) is 0 Å². The summed E-state index contributed by atoms with van der Waals surface area (Å²) in [5.41, 5.74) is 0.230. The van der Waals surface area contributed by atoms with Crippen LogP contribution in [0.25, 0.3) is 0 Å². The third kappa shape index (κ3) is 7.50. The molecule has 31 heavy (non-hydrogen) atoms. The lowest BCUT2D eigenvalue weighted by Crippen LogP contribution is -2.40. The normalized spacial score (nSPS) is 12.8. The van der Waals surface area contributed by atoms with Gasteiger partial charge in [0.05, 0.1) is 26.5 Å². The van der Waals surface area contributed by atoms with Crippen molar-refractivity contribution in [2.24, 2.45) is 0 Å². The minimum atomic E-state index is -3.72. The highest BCUT2D eigenvalue weighted by atomic mass is 35.5. The summed E-state index contributed by atoms with van der Waals surface area (Å²) in [4.78, 5) is 24.3. The predicted octanol–water partition coefficient (Wildman–Crippen LogP) is 4.10. The lowest BCUT2D eigenvalue weighted by molar-refractivity contribution is -0.124. The number of hydrogen-bond donors (Lipinski definition) is 2. The van der Waals surface area contributed by atoms with Gasteiger partial charge < -0.3 is 10.1 Å². The van der Waals surface area contributed by atoms with E-state index in [0.29, 0.717) is 10.0 Å². The van der Waals surface area contributed by atoms with Crippen molar-refractivity contribution >= 4 is 45.1 Å². The molecule has 2 aromatic rings. The van der Waals surface area contributed by atoms with Crippen LogP contribution in [0, 0.1) is 0 Å². The van der Waals surface area contributed by atoms with E-state index in [2.05, 4.69) is 10.0 Å². The van der Waals surface area contributed by atoms with Gasteiger partial charge in [0.15, 0.2) is 6.61 Å². The number of ether oxygens (including phenoxy) is 1. The van der Waals surface area contributed by atoms with Crippen LogP contribution in [-0.4, -0.2) is 32.4 Å². The van der Waals surface area contributed by atoms with Crippen LogP contribution in [0.4, 0.5) is 0 Å². The molecule has 0 aliphatic rings. The first-order valence-electron chi connectivity index (χ1n) is 9.34. The number of sulfonamides is 1. The van der Waals surface area contributed by atoms with Crippen molar-refractivity contribution in [2.75, 3.05) is 6.61 Å². The summed E-state index contributed by atoms with van der Waals surface area (Å²) < 4.78 is 32.2. The monoisotopic (exact) mass is 486 g/mol. The van der Waals surface area contributed by atoms with Gasteiger partial charge >= 0.3 is 5.97 Å². The molecule has 10 heteroatoms. The molecule has 0 aromatic heterocycles. The number of benzene rings is 2. The lowest BCUT2D eigenvalue weighted by atomic mass is 10.1. The minimum absolute atomic E-state index is 0.0205. The number of nitrogens with one attached hydrogen (secondary N) is 2. The number of esters is 1. The summed E-state index contributed by atoms with van der Waals surface area (Å²) in [5.74, 6) is -1.24. The number of carbonyl (C=O) groups is 2. The van der Waals surface area contributed by atoms with Crippen LogP contribution in [0.5, 0.6) is 0 Å². The summed E-state index contributed by atoms with van der Waals surface area (Å²) >= 11 is 11.9. The second kappa shape index (κ2) is 9.99. The number of rotatable bonds is 7. The molecule has 7 nitrogen and oxygen atoms in total. The summed E-state index contributed by atoms with van der Waals surface area (Å²) in [5, 5.41) is 3.47. The van der Waals surface area contributed by atoms with Crippen molar-refractivity contribution < 1.29 is 22.7 Å². The van der Waals surface area contributed by atoms with E-state index in [9.17, 15) is 18.0 Å². The third-order valence-corrected chi connectivity index (χ3v) is 6.51. The van der Waals surface area contributed by atoms with Crippen LogP contribution in [0.15, 0.2) is 47.4 Å². The fraction of sp³-hybridized carbons (Fsp3) is 0.333. The Kier molecular flexibility index (Phi) is 8.10. The highest BCUT2D eigenvalue weighted by Gasteiger charge is 2.22. The molecule has 0 aliphatic carbocycles. The second-order valence-electron chi connectivity index (χ2n) is 7.92. The van der Waals surface area contributed by atoms with Gasteiger partial charge in [0.25, 0.3) is 5.91 Å². The van der Waals surface area contributed by atoms with E-state index in [0.717, 1.165) is 5.56 Å². The maximum absolute atomic E-state index is 12.3. The summed E-state index contributed by atoms with van der Waals surface area (Å²) in [7, 11) is -3.72. The molecular weight excluding hydrogens is 463 g/mol. The quantitative estimate of drug-likeness (QED) is 0.573. The van der Waals surface area contributed by atoms with Crippen LogP contribution in [-0.2, 0) is 19.6 Å². The van der Waals surface area contributed by atoms with E-state index in [1.807, 2.05) is 0 Å². The lowest BCUT2D eigenvalue weighted by Gasteiger charge is -2.20. The van der Waals surface area contributed by atoms with Crippen molar-refractivity contribution in [2.45, 2.75) is 44.2 Å². The smallest absolute Gasteiger partial charge is 0.338 e.